The number of anilines is 2. The van der Waals surface area contributed by atoms with E-state index in [1.165, 1.54) is 18.5 Å². The summed E-state index contributed by atoms with van der Waals surface area (Å²) < 4.78 is 1.83. The van der Waals surface area contributed by atoms with Gasteiger partial charge in [-0.1, -0.05) is 0 Å². The summed E-state index contributed by atoms with van der Waals surface area (Å²) in [6.45, 7) is 3.90. The highest BCUT2D eigenvalue weighted by molar-refractivity contribution is 7.13. The molecule has 0 bridgehead atoms. The van der Waals surface area contributed by atoms with Gasteiger partial charge in [-0.2, -0.15) is 9.61 Å². The molecular weight excluding hydrogens is 310 g/mol. The lowest BCUT2D eigenvalue weighted by atomic mass is 10.2. The lowest BCUT2D eigenvalue weighted by Crippen LogP contribution is -2.46. The monoisotopic (exact) mass is 327 g/mol. The van der Waals surface area contributed by atoms with Gasteiger partial charge >= 0.3 is 0 Å². The molecule has 118 valence electrons. The Balaban J connectivity index is 1.43. The second-order valence-corrected chi connectivity index (χ2v) is 6.99. The highest BCUT2D eigenvalue weighted by Crippen LogP contribution is 2.40. The number of thiazole rings is 1. The molecule has 0 N–H and O–H groups in total. The number of hydrogen-bond donors (Lipinski definition) is 0. The van der Waals surface area contributed by atoms with Crippen LogP contribution in [0.1, 0.15) is 24.5 Å². The Hall–Kier alpha value is -2.22. The molecule has 0 amide bonds. The minimum Gasteiger partial charge on any atom is -0.365 e. The van der Waals surface area contributed by atoms with Gasteiger partial charge in [0.2, 0.25) is 5.65 Å². The van der Waals surface area contributed by atoms with E-state index in [2.05, 4.69) is 36.1 Å². The molecule has 1 saturated heterocycles. The molecule has 0 radical (unpaired) electrons. The molecular formula is C15H17N7S. The summed E-state index contributed by atoms with van der Waals surface area (Å²) in [4.78, 5) is 9.17. The van der Waals surface area contributed by atoms with Gasteiger partial charge < -0.3 is 9.80 Å². The van der Waals surface area contributed by atoms with E-state index in [1.807, 2.05) is 16.1 Å². The third-order valence-electron chi connectivity index (χ3n) is 4.57. The zero-order chi connectivity index (χ0) is 15.2. The largest absolute Gasteiger partial charge is 0.365 e. The van der Waals surface area contributed by atoms with Crippen molar-refractivity contribution in [2.24, 2.45) is 0 Å². The second-order valence-electron chi connectivity index (χ2n) is 6.12. The average Bonchev–Trinajstić information content (AvgIpc) is 3.11. The van der Waals surface area contributed by atoms with E-state index < -0.39 is 0 Å². The van der Waals surface area contributed by atoms with Gasteiger partial charge in [0.15, 0.2) is 5.13 Å². The average molecular weight is 327 g/mol. The first kappa shape index (κ1) is 13.2. The maximum absolute atomic E-state index is 4.65. The fraction of sp³-hybridized carbons (Fsp3) is 0.467. The van der Waals surface area contributed by atoms with Gasteiger partial charge in [-0.15, -0.1) is 21.5 Å². The Kier molecular flexibility index (Phi) is 2.97. The summed E-state index contributed by atoms with van der Waals surface area (Å²) in [5.74, 6) is 0.622. The molecule has 4 heterocycles. The SMILES string of the molecule is c1csc(N2CCN(c3cc(C4CC4)nn4cnnc34)CC2)n1. The molecule has 5 rings (SSSR count). The molecule has 0 atom stereocenters. The normalized spacial score (nSPS) is 18.8. The number of hydrogen-bond acceptors (Lipinski definition) is 7. The van der Waals surface area contributed by atoms with Crippen LogP contribution >= 0.6 is 11.3 Å². The van der Waals surface area contributed by atoms with Crippen LogP contribution in [0.4, 0.5) is 10.8 Å². The van der Waals surface area contributed by atoms with Gasteiger partial charge in [0, 0.05) is 43.7 Å². The van der Waals surface area contributed by atoms with Crippen molar-refractivity contribution in [3.8, 4) is 0 Å². The third kappa shape index (κ3) is 2.33. The van der Waals surface area contributed by atoms with Crippen molar-refractivity contribution in [2.75, 3.05) is 36.0 Å². The molecule has 23 heavy (non-hydrogen) atoms. The van der Waals surface area contributed by atoms with Crippen LogP contribution in [-0.2, 0) is 0 Å². The predicted octanol–water partition coefficient (Wildman–Crippen LogP) is 1.78. The Labute approximate surface area is 137 Å². The molecule has 2 aliphatic rings. The molecule has 7 nitrogen and oxygen atoms in total. The lowest BCUT2D eigenvalue weighted by Gasteiger charge is -2.35. The predicted molar refractivity (Wildman–Crippen MR) is 89.3 cm³/mol. The topological polar surface area (TPSA) is 62.5 Å². The van der Waals surface area contributed by atoms with Crippen molar-refractivity contribution >= 4 is 27.8 Å². The van der Waals surface area contributed by atoms with Crippen molar-refractivity contribution in [1.29, 1.82) is 0 Å². The van der Waals surface area contributed by atoms with Crippen LogP contribution in [0.3, 0.4) is 0 Å². The Bertz CT molecular complexity index is 816. The van der Waals surface area contributed by atoms with E-state index in [9.17, 15) is 0 Å². The maximum atomic E-state index is 4.65. The number of rotatable bonds is 3. The van der Waals surface area contributed by atoms with Crippen LogP contribution in [0.2, 0.25) is 0 Å². The summed E-state index contributed by atoms with van der Waals surface area (Å²) >= 11 is 1.70. The fourth-order valence-electron chi connectivity index (χ4n) is 3.15. The van der Waals surface area contributed by atoms with Crippen LogP contribution in [0, 0.1) is 0 Å². The van der Waals surface area contributed by atoms with E-state index in [-0.39, 0.29) is 0 Å². The quantitative estimate of drug-likeness (QED) is 0.731. The number of aromatic nitrogens is 5. The smallest absolute Gasteiger partial charge is 0.200 e. The first-order valence-electron chi connectivity index (χ1n) is 7.99. The maximum Gasteiger partial charge on any atom is 0.200 e. The second kappa shape index (κ2) is 5.16. The summed E-state index contributed by atoms with van der Waals surface area (Å²) in [5, 5.41) is 16.1. The van der Waals surface area contributed by atoms with Gasteiger partial charge in [-0.25, -0.2) is 4.98 Å². The van der Waals surface area contributed by atoms with Crippen molar-refractivity contribution in [1.82, 2.24) is 24.8 Å². The molecule has 1 aliphatic heterocycles. The van der Waals surface area contributed by atoms with Crippen LogP contribution in [-0.4, -0.2) is 51.0 Å². The standard InChI is InChI=1S/C15H17N7S/c1-2-11(1)12-9-13(14-18-17-10-22(14)19-12)20-4-6-21(7-5-20)15-16-3-8-23-15/h3,8-11H,1-2,4-7H2. The summed E-state index contributed by atoms with van der Waals surface area (Å²) in [6, 6.07) is 2.22. The van der Waals surface area contributed by atoms with E-state index in [0.29, 0.717) is 5.92 Å². The van der Waals surface area contributed by atoms with Crippen LogP contribution in [0.5, 0.6) is 0 Å². The Morgan fingerprint density at radius 2 is 1.91 bits per heavy atom. The molecule has 0 spiro atoms. The van der Waals surface area contributed by atoms with E-state index in [0.717, 1.165) is 42.6 Å². The highest BCUT2D eigenvalue weighted by atomic mass is 32.1. The van der Waals surface area contributed by atoms with E-state index in [1.54, 1.807) is 17.7 Å². The lowest BCUT2D eigenvalue weighted by molar-refractivity contribution is 0.650. The third-order valence-corrected chi connectivity index (χ3v) is 5.41. The van der Waals surface area contributed by atoms with Gasteiger partial charge in [-0.05, 0) is 18.9 Å². The van der Waals surface area contributed by atoms with Crippen molar-refractivity contribution in [2.45, 2.75) is 18.8 Å². The van der Waals surface area contributed by atoms with Crippen LogP contribution in [0.25, 0.3) is 5.65 Å². The highest BCUT2D eigenvalue weighted by Gasteiger charge is 2.28. The molecule has 1 saturated carbocycles. The summed E-state index contributed by atoms with van der Waals surface area (Å²) in [7, 11) is 0. The molecule has 0 aromatic carbocycles. The molecule has 2 fully saturated rings. The number of fused-ring (bicyclic) bond motifs is 1. The first-order chi connectivity index (χ1) is 11.4. The number of piperazine rings is 1. The van der Waals surface area contributed by atoms with Gasteiger partial charge in [0.05, 0.1) is 11.4 Å². The minimum absolute atomic E-state index is 0.622. The van der Waals surface area contributed by atoms with E-state index >= 15 is 0 Å². The van der Waals surface area contributed by atoms with Crippen molar-refractivity contribution < 1.29 is 0 Å². The summed E-state index contributed by atoms with van der Waals surface area (Å²) in [6.07, 6.45) is 6.07. The van der Waals surface area contributed by atoms with Gasteiger partial charge in [0.1, 0.15) is 6.33 Å². The van der Waals surface area contributed by atoms with Crippen molar-refractivity contribution in [3.63, 3.8) is 0 Å². The Morgan fingerprint density at radius 3 is 2.65 bits per heavy atom. The van der Waals surface area contributed by atoms with Gasteiger partial charge in [-0.3, -0.25) is 0 Å². The molecule has 1 aliphatic carbocycles. The first-order valence-corrected chi connectivity index (χ1v) is 8.87. The Morgan fingerprint density at radius 1 is 1.09 bits per heavy atom. The summed E-state index contributed by atoms with van der Waals surface area (Å²) in [5.41, 5.74) is 3.20. The number of nitrogens with zero attached hydrogens (tertiary/aromatic N) is 7. The molecule has 8 heteroatoms. The zero-order valence-electron chi connectivity index (χ0n) is 12.7. The van der Waals surface area contributed by atoms with Crippen LogP contribution in [0.15, 0.2) is 24.0 Å². The minimum atomic E-state index is 0.622. The fourth-order valence-corrected chi connectivity index (χ4v) is 3.85. The molecule has 0 unspecified atom stereocenters. The van der Waals surface area contributed by atoms with E-state index in [4.69, 9.17) is 0 Å². The van der Waals surface area contributed by atoms with Crippen LogP contribution < -0.4 is 9.80 Å². The molecule has 3 aromatic heterocycles. The zero-order valence-corrected chi connectivity index (χ0v) is 13.5. The van der Waals surface area contributed by atoms with Gasteiger partial charge in [0.25, 0.3) is 0 Å². The molecule has 3 aromatic rings. The van der Waals surface area contributed by atoms with Crippen molar-refractivity contribution in [3.05, 3.63) is 29.7 Å².